The fourth-order valence-electron chi connectivity index (χ4n) is 1.05. The first-order valence-corrected chi connectivity index (χ1v) is 3.07. The van der Waals surface area contributed by atoms with E-state index in [1.807, 2.05) is 24.4 Å². The number of para-hydroxylation sites is 1. The summed E-state index contributed by atoms with van der Waals surface area (Å²) in [5, 5.41) is 0. The van der Waals surface area contributed by atoms with E-state index in [0.717, 1.165) is 12.1 Å². The van der Waals surface area contributed by atoms with Crippen molar-refractivity contribution in [3.05, 3.63) is 29.8 Å². The largest absolute Gasteiger partial charge is 0.261 e. The zero-order valence-corrected chi connectivity index (χ0v) is 5.04. The summed E-state index contributed by atoms with van der Waals surface area (Å²) in [6.45, 7) is 0. The van der Waals surface area contributed by atoms with Crippen molar-refractivity contribution in [2.75, 3.05) is 0 Å². The summed E-state index contributed by atoms with van der Waals surface area (Å²) in [4.78, 5) is 4.17. The summed E-state index contributed by atoms with van der Waals surface area (Å²) in [5.41, 5.74) is 2.48. The second kappa shape index (κ2) is 2.65. The topological polar surface area (TPSA) is 12.4 Å². The van der Waals surface area contributed by atoms with E-state index in [0.29, 0.717) is 0 Å². The van der Waals surface area contributed by atoms with Gasteiger partial charge in [0.1, 0.15) is 0 Å². The fourth-order valence-corrected chi connectivity index (χ4v) is 1.05. The van der Waals surface area contributed by atoms with Gasteiger partial charge in [0.05, 0.1) is 5.69 Å². The third-order valence-corrected chi connectivity index (χ3v) is 1.53. The Balaban J connectivity index is 0.000000500. The molecule has 0 amide bonds. The SMILES string of the molecule is C.C1=Nc2ccccc2C1. The number of fused-ring (bicyclic) bond motifs is 1. The summed E-state index contributed by atoms with van der Waals surface area (Å²) in [7, 11) is 0. The maximum Gasteiger partial charge on any atom is 0.0661 e. The van der Waals surface area contributed by atoms with E-state index in [1.165, 1.54) is 5.56 Å². The molecule has 0 saturated carbocycles. The molecule has 1 aromatic rings. The highest BCUT2D eigenvalue weighted by Crippen LogP contribution is 2.22. The lowest BCUT2D eigenvalue weighted by Gasteiger charge is -1.91. The molecule has 0 aliphatic carbocycles. The summed E-state index contributed by atoms with van der Waals surface area (Å²) < 4.78 is 0. The smallest absolute Gasteiger partial charge is 0.0661 e. The number of benzene rings is 1. The minimum Gasteiger partial charge on any atom is -0.261 e. The Morgan fingerprint density at radius 3 is 2.80 bits per heavy atom. The Kier molecular flexibility index (Phi) is 1.86. The number of hydrogen-bond acceptors (Lipinski definition) is 1. The van der Waals surface area contributed by atoms with Crippen LogP contribution in [0.2, 0.25) is 0 Å². The van der Waals surface area contributed by atoms with Gasteiger partial charge in [-0.15, -0.1) is 0 Å². The van der Waals surface area contributed by atoms with Crippen molar-refractivity contribution in [3.63, 3.8) is 0 Å². The Morgan fingerprint density at radius 2 is 2.00 bits per heavy atom. The Labute approximate surface area is 61.4 Å². The molecular weight excluding hydrogens is 122 g/mol. The summed E-state index contributed by atoms with van der Waals surface area (Å²) in [6.07, 6.45) is 2.96. The standard InChI is InChI=1S/C8H7N.CH4/c1-2-4-8-7(3-1)5-6-9-8;/h1-4,6H,5H2;1H4. The van der Waals surface area contributed by atoms with Crippen molar-refractivity contribution in [2.45, 2.75) is 13.8 Å². The van der Waals surface area contributed by atoms with E-state index in [2.05, 4.69) is 11.1 Å². The van der Waals surface area contributed by atoms with Crippen LogP contribution in [0, 0.1) is 0 Å². The Hall–Kier alpha value is -1.11. The van der Waals surface area contributed by atoms with Gasteiger partial charge in [0, 0.05) is 12.6 Å². The normalized spacial score (nSPS) is 12.4. The highest BCUT2D eigenvalue weighted by Gasteiger charge is 2.01. The van der Waals surface area contributed by atoms with Crippen LogP contribution in [-0.2, 0) is 6.42 Å². The van der Waals surface area contributed by atoms with Gasteiger partial charge in [-0.1, -0.05) is 25.6 Å². The third kappa shape index (κ3) is 0.947. The second-order valence-corrected chi connectivity index (χ2v) is 2.14. The van der Waals surface area contributed by atoms with Gasteiger partial charge in [-0.2, -0.15) is 0 Å². The summed E-state index contributed by atoms with van der Waals surface area (Å²) in [6, 6.07) is 8.22. The molecule has 0 spiro atoms. The van der Waals surface area contributed by atoms with Crippen molar-refractivity contribution in [1.82, 2.24) is 0 Å². The van der Waals surface area contributed by atoms with E-state index in [1.54, 1.807) is 0 Å². The molecule has 1 heteroatoms. The van der Waals surface area contributed by atoms with Crippen molar-refractivity contribution in [3.8, 4) is 0 Å². The van der Waals surface area contributed by atoms with Crippen LogP contribution in [0.3, 0.4) is 0 Å². The number of nitrogens with zero attached hydrogens (tertiary/aromatic N) is 1. The molecular formula is C9H11N. The van der Waals surface area contributed by atoms with Gasteiger partial charge < -0.3 is 0 Å². The second-order valence-electron chi connectivity index (χ2n) is 2.14. The van der Waals surface area contributed by atoms with Gasteiger partial charge in [0.25, 0.3) is 0 Å². The van der Waals surface area contributed by atoms with Crippen LogP contribution in [0.25, 0.3) is 0 Å². The van der Waals surface area contributed by atoms with Crippen LogP contribution in [-0.4, -0.2) is 6.21 Å². The summed E-state index contributed by atoms with van der Waals surface area (Å²) >= 11 is 0. The van der Waals surface area contributed by atoms with Gasteiger partial charge in [-0.25, -0.2) is 0 Å². The average Bonchev–Trinajstić information content (AvgIpc) is 2.33. The molecule has 1 aliphatic heterocycles. The third-order valence-electron chi connectivity index (χ3n) is 1.53. The molecule has 10 heavy (non-hydrogen) atoms. The van der Waals surface area contributed by atoms with Gasteiger partial charge >= 0.3 is 0 Å². The van der Waals surface area contributed by atoms with Gasteiger partial charge in [0.2, 0.25) is 0 Å². The first-order valence-electron chi connectivity index (χ1n) is 3.07. The molecule has 2 rings (SSSR count). The zero-order chi connectivity index (χ0) is 6.10. The first kappa shape index (κ1) is 7.00. The lowest BCUT2D eigenvalue weighted by molar-refractivity contribution is 1.41. The molecule has 0 radical (unpaired) electrons. The lowest BCUT2D eigenvalue weighted by atomic mass is 10.2. The molecule has 0 unspecified atom stereocenters. The maximum atomic E-state index is 4.17. The highest BCUT2D eigenvalue weighted by atomic mass is 14.7. The molecule has 0 atom stereocenters. The summed E-state index contributed by atoms with van der Waals surface area (Å²) in [5.74, 6) is 0. The quantitative estimate of drug-likeness (QED) is 0.515. The molecule has 0 saturated heterocycles. The van der Waals surface area contributed by atoms with Crippen LogP contribution in [0.4, 0.5) is 5.69 Å². The molecule has 0 bridgehead atoms. The van der Waals surface area contributed by atoms with Crippen molar-refractivity contribution in [2.24, 2.45) is 4.99 Å². The Morgan fingerprint density at radius 1 is 1.20 bits per heavy atom. The van der Waals surface area contributed by atoms with Gasteiger partial charge in [-0.3, -0.25) is 4.99 Å². The number of rotatable bonds is 0. The van der Waals surface area contributed by atoms with Gasteiger partial charge in [0.15, 0.2) is 0 Å². The van der Waals surface area contributed by atoms with Crippen molar-refractivity contribution in [1.29, 1.82) is 0 Å². The Bertz CT molecular complexity index is 251. The monoisotopic (exact) mass is 133 g/mol. The molecule has 1 aromatic carbocycles. The van der Waals surface area contributed by atoms with E-state index in [9.17, 15) is 0 Å². The lowest BCUT2D eigenvalue weighted by Crippen LogP contribution is -1.75. The molecule has 0 N–H and O–H groups in total. The minimum absolute atomic E-state index is 0. The van der Waals surface area contributed by atoms with Crippen molar-refractivity contribution >= 4 is 11.9 Å². The van der Waals surface area contributed by atoms with Crippen LogP contribution < -0.4 is 0 Å². The average molecular weight is 133 g/mol. The van der Waals surface area contributed by atoms with E-state index < -0.39 is 0 Å². The zero-order valence-electron chi connectivity index (χ0n) is 5.04. The molecule has 52 valence electrons. The molecule has 1 heterocycles. The van der Waals surface area contributed by atoms with E-state index in [4.69, 9.17) is 0 Å². The van der Waals surface area contributed by atoms with E-state index >= 15 is 0 Å². The highest BCUT2D eigenvalue weighted by molar-refractivity contribution is 5.75. The molecule has 1 aliphatic rings. The van der Waals surface area contributed by atoms with Crippen LogP contribution in [0.1, 0.15) is 13.0 Å². The van der Waals surface area contributed by atoms with Crippen LogP contribution in [0.15, 0.2) is 29.3 Å². The van der Waals surface area contributed by atoms with Crippen LogP contribution >= 0.6 is 0 Å². The van der Waals surface area contributed by atoms with E-state index in [-0.39, 0.29) is 7.43 Å². The molecule has 1 nitrogen and oxygen atoms in total. The maximum absolute atomic E-state index is 4.17. The predicted octanol–water partition coefficient (Wildman–Crippen LogP) is 2.58. The number of hydrogen-bond donors (Lipinski definition) is 0. The van der Waals surface area contributed by atoms with Gasteiger partial charge in [-0.05, 0) is 11.6 Å². The van der Waals surface area contributed by atoms with Crippen molar-refractivity contribution < 1.29 is 0 Å². The fraction of sp³-hybridized carbons (Fsp3) is 0.222. The molecule has 0 aromatic heterocycles. The molecule has 0 fully saturated rings. The predicted molar refractivity (Wildman–Crippen MR) is 45.0 cm³/mol. The first-order chi connectivity index (χ1) is 4.47. The number of aliphatic imine (C=N–C) groups is 1. The van der Waals surface area contributed by atoms with Crippen LogP contribution in [0.5, 0.6) is 0 Å². The minimum atomic E-state index is 0.